The molecule has 96 valence electrons. The number of halogens is 3. The van der Waals surface area contributed by atoms with Crippen molar-refractivity contribution < 1.29 is 13.2 Å². The van der Waals surface area contributed by atoms with E-state index in [0.717, 1.165) is 12.1 Å². The first-order chi connectivity index (χ1) is 7.84. The summed E-state index contributed by atoms with van der Waals surface area (Å²) >= 11 is 0. The van der Waals surface area contributed by atoms with Crippen LogP contribution in [0.5, 0.6) is 0 Å². The topological polar surface area (TPSA) is 42.1 Å². The van der Waals surface area contributed by atoms with Gasteiger partial charge < -0.3 is 10.6 Å². The molecular weight excluding hydrogens is 231 g/mol. The molecule has 0 radical (unpaired) electrons. The molecule has 1 rings (SSSR count). The van der Waals surface area contributed by atoms with Crippen molar-refractivity contribution in [1.82, 2.24) is 4.98 Å². The fourth-order valence-corrected chi connectivity index (χ4v) is 1.44. The van der Waals surface area contributed by atoms with Crippen molar-refractivity contribution in [2.24, 2.45) is 11.7 Å². The summed E-state index contributed by atoms with van der Waals surface area (Å²) in [5.74, 6) is 0.511. The van der Waals surface area contributed by atoms with Crippen LogP contribution in [0.25, 0.3) is 0 Å². The lowest BCUT2D eigenvalue weighted by Gasteiger charge is -2.22. The van der Waals surface area contributed by atoms with Gasteiger partial charge in [-0.3, -0.25) is 0 Å². The molecule has 6 heteroatoms. The fourth-order valence-electron chi connectivity index (χ4n) is 1.44. The average molecular weight is 247 g/mol. The lowest BCUT2D eigenvalue weighted by molar-refractivity contribution is -0.137. The third-order valence-corrected chi connectivity index (χ3v) is 2.45. The van der Waals surface area contributed by atoms with Gasteiger partial charge in [0, 0.05) is 19.8 Å². The van der Waals surface area contributed by atoms with E-state index in [2.05, 4.69) is 4.98 Å². The van der Waals surface area contributed by atoms with E-state index in [1.165, 1.54) is 6.20 Å². The highest BCUT2D eigenvalue weighted by atomic mass is 19.4. The van der Waals surface area contributed by atoms with E-state index in [1.807, 2.05) is 6.92 Å². The first-order valence-corrected chi connectivity index (χ1v) is 5.29. The molecule has 0 amide bonds. The Morgan fingerprint density at radius 1 is 1.47 bits per heavy atom. The van der Waals surface area contributed by atoms with Crippen molar-refractivity contribution >= 4 is 5.82 Å². The van der Waals surface area contributed by atoms with Crippen LogP contribution in [0, 0.1) is 5.92 Å². The largest absolute Gasteiger partial charge is 0.416 e. The van der Waals surface area contributed by atoms with E-state index in [4.69, 9.17) is 5.73 Å². The van der Waals surface area contributed by atoms with Gasteiger partial charge in [0.1, 0.15) is 5.82 Å². The van der Waals surface area contributed by atoms with Gasteiger partial charge in [-0.15, -0.1) is 0 Å². The Labute approximate surface area is 98.4 Å². The Bertz CT molecular complexity index is 365. The van der Waals surface area contributed by atoms with Gasteiger partial charge in [-0.25, -0.2) is 4.98 Å². The van der Waals surface area contributed by atoms with Gasteiger partial charge in [-0.2, -0.15) is 13.2 Å². The molecule has 17 heavy (non-hydrogen) atoms. The molecule has 0 spiro atoms. The molecule has 3 nitrogen and oxygen atoms in total. The predicted molar refractivity (Wildman–Crippen MR) is 60.7 cm³/mol. The Hall–Kier alpha value is -1.30. The highest BCUT2D eigenvalue weighted by Gasteiger charge is 2.31. The van der Waals surface area contributed by atoms with Gasteiger partial charge in [0.25, 0.3) is 0 Å². The maximum Gasteiger partial charge on any atom is 0.416 e. The second kappa shape index (κ2) is 5.35. The zero-order valence-electron chi connectivity index (χ0n) is 9.83. The van der Waals surface area contributed by atoms with Gasteiger partial charge in [0.2, 0.25) is 0 Å². The maximum atomic E-state index is 12.5. The third-order valence-electron chi connectivity index (χ3n) is 2.45. The summed E-state index contributed by atoms with van der Waals surface area (Å²) in [6.07, 6.45) is -3.17. The minimum atomic E-state index is -4.34. The molecule has 1 aromatic heterocycles. The number of aromatic nitrogens is 1. The van der Waals surface area contributed by atoms with Gasteiger partial charge in [-0.1, -0.05) is 6.92 Å². The van der Waals surface area contributed by atoms with Crippen LogP contribution in [-0.4, -0.2) is 25.1 Å². The quantitative estimate of drug-likeness (QED) is 0.886. The van der Waals surface area contributed by atoms with Crippen LogP contribution in [0.1, 0.15) is 12.5 Å². The normalized spacial score (nSPS) is 13.5. The molecule has 1 unspecified atom stereocenters. The molecule has 0 aliphatic carbocycles. The van der Waals surface area contributed by atoms with Crippen molar-refractivity contribution in [3.05, 3.63) is 23.9 Å². The summed E-state index contributed by atoms with van der Waals surface area (Å²) in [4.78, 5) is 5.60. The SMILES string of the molecule is CC(CN)CN(C)c1cc(C(F)(F)F)ccn1. The minimum Gasteiger partial charge on any atom is -0.359 e. The molecule has 0 aliphatic heterocycles. The van der Waals surface area contributed by atoms with Gasteiger partial charge in [-0.05, 0) is 24.6 Å². The Morgan fingerprint density at radius 3 is 2.65 bits per heavy atom. The Balaban J connectivity index is 2.84. The number of hydrogen-bond acceptors (Lipinski definition) is 3. The van der Waals surface area contributed by atoms with Crippen LogP contribution in [0.15, 0.2) is 18.3 Å². The van der Waals surface area contributed by atoms with Crippen molar-refractivity contribution in [2.45, 2.75) is 13.1 Å². The highest BCUT2D eigenvalue weighted by molar-refractivity contribution is 5.40. The minimum absolute atomic E-state index is 0.205. The smallest absolute Gasteiger partial charge is 0.359 e. The second-order valence-electron chi connectivity index (χ2n) is 4.12. The molecule has 0 aromatic carbocycles. The number of rotatable bonds is 4. The fraction of sp³-hybridized carbons (Fsp3) is 0.545. The average Bonchev–Trinajstić information content (AvgIpc) is 2.28. The zero-order valence-corrected chi connectivity index (χ0v) is 9.83. The first-order valence-electron chi connectivity index (χ1n) is 5.29. The Kier molecular flexibility index (Phi) is 4.34. The molecule has 0 saturated carbocycles. The summed E-state index contributed by atoms with van der Waals surface area (Å²) in [5, 5.41) is 0. The van der Waals surface area contributed by atoms with E-state index >= 15 is 0 Å². The van der Waals surface area contributed by atoms with Crippen LogP contribution in [0.2, 0.25) is 0 Å². The molecule has 1 aromatic rings. The number of anilines is 1. The van der Waals surface area contributed by atoms with Crippen LogP contribution in [-0.2, 0) is 6.18 Å². The lowest BCUT2D eigenvalue weighted by atomic mass is 10.1. The summed E-state index contributed by atoms with van der Waals surface area (Å²) in [6.45, 7) is 3.00. The van der Waals surface area contributed by atoms with Gasteiger partial charge in [0.15, 0.2) is 0 Å². The molecule has 2 N–H and O–H groups in total. The van der Waals surface area contributed by atoms with Crippen molar-refractivity contribution in [1.29, 1.82) is 0 Å². The lowest BCUT2D eigenvalue weighted by Crippen LogP contribution is -2.29. The molecule has 0 bridgehead atoms. The standard InChI is InChI=1S/C11H16F3N3/c1-8(6-15)7-17(2)10-5-9(3-4-16-10)11(12,13)14/h3-5,8H,6-7,15H2,1-2H3. The zero-order chi connectivity index (χ0) is 13.1. The first kappa shape index (κ1) is 13.8. The molecular formula is C11H16F3N3. The van der Waals surface area contributed by atoms with Crippen LogP contribution in [0.3, 0.4) is 0 Å². The maximum absolute atomic E-state index is 12.5. The summed E-state index contributed by atoms with van der Waals surface area (Å²) in [7, 11) is 1.70. The number of hydrogen-bond donors (Lipinski definition) is 1. The summed E-state index contributed by atoms with van der Waals surface area (Å²) in [6, 6.07) is 2.01. The highest BCUT2D eigenvalue weighted by Crippen LogP contribution is 2.30. The van der Waals surface area contributed by atoms with E-state index in [-0.39, 0.29) is 5.92 Å². The van der Waals surface area contributed by atoms with Crippen LogP contribution in [0.4, 0.5) is 19.0 Å². The van der Waals surface area contributed by atoms with Crippen molar-refractivity contribution in [3.8, 4) is 0 Å². The number of nitrogens with zero attached hydrogens (tertiary/aromatic N) is 2. The molecule has 0 fully saturated rings. The molecule has 0 saturated heterocycles. The van der Waals surface area contributed by atoms with E-state index < -0.39 is 11.7 Å². The monoisotopic (exact) mass is 247 g/mol. The number of pyridine rings is 1. The number of nitrogens with two attached hydrogens (primary N) is 1. The van der Waals surface area contributed by atoms with Crippen LogP contribution >= 0.6 is 0 Å². The third kappa shape index (κ3) is 3.89. The predicted octanol–water partition coefficient (Wildman–Crippen LogP) is 2.13. The van der Waals surface area contributed by atoms with E-state index in [9.17, 15) is 13.2 Å². The van der Waals surface area contributed by atoms with E-state index in [0.29, 0.717) is 18.9 Å². The molecule has 0 aliphatic rings. The van der Waals surface area contributed by atoms with Gasteiger partial charge in [0.05, 0.1) is 5.56 Å². The summed E-state index contributed by atoms with van der Waals surface area (Å²) < 4.78 is 37.5. The molecule has 1 heterocycles. The second-order valence-corrected chi connectivity index (χ2v) is 4.12. The van der Waals surface area contributed by atoms with Gasteiger partial charge >= 0.3 is 6.18 Å². The van der Waals surface area contributed by atoms with Crippen molar-refractivity contribution in [2.75, 3.05) is 25.0 Å². The molecule has 1 atom stereocenters. The number of alkyl halides is 3. The summed E-state index contributed by atoms with van der Waals surface area (Å²) in [5.41, 5.74) is 4.79. The van der Waals surface area contributed by atoms with Crippen LogP contribution < -0.4 is 10.6 Å². The Morgan fingerprint density at radius 2 is 2.12 bits per heavy atom. The van der Waals surface area contributed by atoms with E-state index in [1.54, 1.807) is 11.9 Å². The van der Waals surface area contributed by atoms with Crippen molar-refractivity contribution in [3.63, 3.8) is 0 Å².